The van der Waals surface area contributed by atoms with Gasteiger partial charge in [0.25, 0.3) is 0 Å². The second kappa shape index (κ2) is 16.3. The number of hydrogen-bond acceptors (Lipinski definition) is 11. The third-order valence-electron chi connectivity index (χ3n) is 6.60. The number of carbonyl (C=O) groups excluding carboxylic acids is 4. The highest BCUT2D eigenvalue weighted by Gasteiger charge is 2.48. The number of rotatable bonds is 12. The second-order valence-electron chi connectivity index (χ2n) is 10.1. The fourth-order valence-corrected chi connectivity index (χ4v) is 4.68. The molecular formula is C34H35NO10. The van der Waals surface area contributed by atoms with Crippen LogP contribution < -0.4 is 0 Å². The van der Waals surface area contributed by atoms with Crippen molar-refractivity contribution in [2.45, 2.75) is 58.0 Å². The first kappa shape index (κ1) is 33.0. The van der Waals surface area contributed by atoms with Crippen LogP contribution in [-0.4, -0.2) is 73.4 Å². The summed E-state index contributed by atoms with van der Waals surface area (Å²) < 4.78 is 33.6. The number of aliphatic imine (C=N–C) groups is 1. The first-order valence-electron chi connectivity index (χ1n) is 14.4. The molecule has 0 bridgehead atoms. The molecule has 236 valence electrons. The molecule has 4 rings (SSSR count). The van der Waals surface area contributed by atoms with Gasteiger partial charge in [0.15, 0.2) is 30.6 Å². The Labute approximate surface area is 261 Å². The molecule has 3 aromatic carbocycles. The van der Waals surface area contributed by atoms with Gasteiger partial charge in [-0.3, -0.25) is 19.4 Å². The Kier molecular flexibility index (Phi) is 11.9. The Balaban J connectivity index is 1.65. The first-order valence-corrected chi connectivity index (χ1v) is 14.4. The van der Waals surface area contributed by atoms with E-state index in [1.54, 1.807) is 0 Å². The Morgan fingerprint density at radius 3 is 1.78 bits per heavy atom. The van der Waals surface area contributed by atoms with E-state index >= 15 is 0 Å². The van der Waals surface area contributed by atoms with Gasteiger partial charge in [-0.05, 0) is 5.56 Å². The van der Waals surface area contributed by atoms with E-state index in [-0.39, 0.29) is 19.8 Å². The minimum Gasteiger partial charge on any atom is -0.459 e. The van der Waals surface area contributed by atoms with E-state index in [9.17, 15) is 19.2 Å². The quantitative estimate of drug-likeness (QED) is 0.168. The topological polar surface area (TPSA) is 136 Å². The van der Waals surface area contributed by atoms with Crippen LogP contribution in [0.1, 0.15) is 37.5 Å². The second-order valence-corrected chi connectivity index (χ2v) is 10.1. The van der Waals surface area contributed by atoms with Gasteiger partial charge in [0, 0.05) is 31.9 Å². The van der Waals surface area contributed by atoms with Crippen molar-refractivity contribution in [1.82, 2.24) is 0 Å². The molecule has 1 saturated heterocycles. The maximum Gasteiger partial charge on any atom is 0.333 e. The third kappa shape index (κ3) is 9.82. The maximum absolute atomic E-state index is 13.6. The zero-order valence-corrected chi connectivity index (χ0v) is 25.2. The molecule has 0 aromatic heterocycles. The summed E-state index contributed by atoms with van der Waals surface area (Å²) in [5.41, 5.74) is 2.83. The van der Waals surface area contributed by atoms with Gasteiger partial charge in [-0.1, -0.05) is 91.0 Å². The van der Waals surface area contributed by atoms with Gasteiger partial charge < -0.3 is 28.4 Å². The highest BCUT2D eigenvalue weighted by molar-refractivity contribution is 6.13. The van der Waals surface area contributed by atoms with Gasteiger partial charge in [0.1, 0.15) is 6.61 Å². The van der Waals surface area contributed by atoms with Crippen molar-refractivity contribution in [3.05, 3.63) is 108 Å². The lowest BCUT2D eigenvalue weighted by atomic mass is 10.0. The zero-order chi connectivity index (χ0) is 32.2. The Morgan fingerprint density at radius 2 is 1.24 bits per heavy atom. The van der Waals surface area contributed by atoms with Crippen molar-refractivity contribution in [2.75, 3.05) is 13.2 Å². The van der Waals surface area contributed by atoms with Crippen molar-refractivity contribution in [2.24, 2.45) is 4.99 Å². The van der Waals surface area contributed by atoms with E-state index in [0.29, 0.717) is 5.71 Å². The molecule has 0 radical (unpaired) electrons. The molecule has 11 heteroatoms. The van der Waals surface area contributed by atoms with Crippen LogP contribution in [0.2, 0.25) is 0 Å². The van der Waals surface area contributed by atoms with Crippen LogP contribution in [0.15, 0.2) is 96.0 Å². The summed E-state index contributed by atoms with van der Waals surface area (Å²) >= 11 is 0. The van der Waals surface area contributed by atoms with Gasteiger partial charge >= 0.3 is 23.9 Å². The lowest BCUT2D eigenvalue weighted by Gasteiger charge is -2.40. The molecule has 3 aromatic rings. The Hall–Kier alpha value is -4.87. The predicted molar refractivity (Wildman–Crippen MR) is 161 cm³/mol. The normalized spacial score (nSPS) is 19.8. The van der Waals surface area contributed by atoms with Crippen LogP contribution in [-0.2, 0) is 54.2 Å². The van der Waals surface area contributed by atoms with Crippen molar-refractivity contribution in [1.29, 1.82) is 0 Å². The largest absolute Gasteiger partial charge is 0.459 e. The molecule has 1 heterocycles. The summed E-state index contributed by atoms with van der Waals surface area (Å²) in [5.74, 6) is -2.73. The van der Waals surface area contributed by atoms with Crippen molar-refractivity contribution in [3.8, 4) is 0 Å². The van der Waals surface area contributed by atoms with Crippen molar-refractivity contribution < 1.29 is 47.6 Å². The summed E-state index contributed by atoms with van der Waals surface area (Å²) in [5, 5.41) is 0. The van der Waals surface area contributed by atoms with E-state index in [4.69, 9.17) is 33.4 Å². The molecule has 0 amide bonds. The number of carbonyl (C=O) groups is 4. The number of hydrogen-bond donors (Lipinski definition) is 0. The van der Waals surface area contributed by atoms with Gasteiger partial charge in [-0.25, -0.2) is 4.79 Å². The van der Waals surface area contributed by atoms with Gasteiger partial charge in [0.05, 0.1) is 18.9 Å². The highest BCUT2D eigenvalue weighted by atomic mass is 16.7. The van der Waals surface area contributed by atoms with Crippen molar-refractivity contribution in [3.63, 3.8) is 0 Å². The monoisotopic (exact) mass is 617 g/mol. The Morgan fingerprint density at radius 1 is 0.733 bits per heavy atom. The third-order valence-corrected chi connectivity index (χ3v) is 6.60. The van der Waals surface area contributed by atoms with E-state index in [0.717, 1.165) is 23.6 Å². The summed E-state index contributed by atoms with van der Waals surface area (Å²) in [6.45, 7) is 2.94. The van der Waals surface area contributed by atoms with E-state index < -0.39 is 54.5 Å². The molecule has 0 N–H and O–H groups in total. The molecule has 11 nitrogen and oxygen atoms in total. The van der Waals surface area contributed by atoms with Crippen LogP contribution in [0.4, 0.5) is 0 Å². The molecule has 0 spiro atoms. The number of esters is 4. The van der Waals surface area contributed by atoms with Crippen LogP contribution >= 0.6 is 0 Å². The fourth-order valence-electron chi connectivity index (χ4n) is 4.68. The standard InChI is InChI=1S/C34H35NO10/c1-22(36)43-29-21-42-34(32(45-24(3)38)31(29)44-23(2)37)41-20-28(33(39)40-19-25-13-7-4-8-14-25)35-30(26-15-9-5-10-16-26)27-17-11-6-12-18-27/h4-18,28-29,31-32,34H,19-21H2,1-3H3/t28-,29+,31-,32+,34+/m0/s1. The van der Waals surface area contributed by atoms with Crippen LogP contribution in [0.5, 0.6) is 0 Å². The summed E-state index contributed by atoms with van der Waals surface area (Å²) in [7, 11) is 0. The Bertz CT molecular complexity index is 1420. The van der Waals surface area contributed by atoms with Gasteiger partial charge in [0.2, 0.25) is 0 Å². The number of benzene rings is 3. The lowest BCUT2D eigenvalue weighted by molar-refractivity contribution is -0.281. The predicted octanol–water partition coefficient (Wildman–Crippen LogP) is 3.80. The van der Waals surface area contributed by atoms with Crippen molar-refractivity contribution >= 4 is 29.6 Å². The molecule has 5 atom stereocenters. The molecule has 1 aliphatic rings. The summed E-state index contributed by atoms with van der Waals surface area (Å²) in [4.78, 5) is 54.1. The molecule has 1 fully saturated rings. The van der Waals surface area contributed by atoms with Crippen LogP contribution in [0, 0.1) is 0 Å². The van der Waals surface area contributed by atoms with E-state index in [1.165, 1.54) is 13.8 Å². The minimum absolute atomic E-state index is 0.00624. The number of ether oxygens (including phenoxy) is 6. The SMILES string of the molecule is CC(=O)O[C@@H]1[C@@H](OC(C)=O)[C@H](OC[C@H](N=C(c2ccccc2)c2ccccc2)C(=O)OCc2ccccc2)OC[C@H]1OC(C)=O. The molecule has 0 aliphatic carbocycles. The number of nitrogens with zero attached hydrogens (tertiary/aromatic N) is 1. The van der Waals surface area contributed by atoms with E-state index in [1.807, 2.05) is 91.0 Å². The lowest BCUT2D eigenvalue weighted by Crippen LogP contribution is -2.58. The zero-order valence-electron chi connectivity index (χ0n) is 25.2. The average molecular weight is 618 g/mol. The van der Waals surface area contributed by atoms with Gasteiger partial charge in [-0.2, -0.15) is 0 Å². The average Bonchev–Trinajstić information content (AvgIpc) is 3.03. The maximum atomic E-state index is 13.6. The first-order chi connectivity index (χ1) is 21.7. The van der Waals surface area contributed by atoms with Gasteiger partial charge in [-0.15, -0.1) is 0 Å². The van der Waals surface area contributed by atoms with Crippen LogP contribution in [0.25, 0.3) is 0 Å². The molecule has 1 aliphatic heterocycles. The van der Waals surface area contributed by atoms with Crippen LogP contribution in [0.3, 0.4) is 0 Å². The van der Waals surface area contributed by atoms with E-state index in [2.05, 4.69) is 0 Å². The summed E-state index contributed by atoms with van der Waals surface area (Å²) in [6, 6.07) is 26.7. The highest BCUT2D eigenvalue weighted by Crippen LogP contribution is 2.26. The molecule has 0 unspecified atom stereocenters. The molecule has 45 heavy (non-hydrogen) atoms. The minimum atomic E-state index is -1.32. The molecular weight excluding hydrogens is 582 g/mol. The summed E-state index contributed by atoms with van der Waals surface area (Å²) in [6.07, 6.45) is -4.92. The fraction of sp³-hybridized carbons (Fsp3) is 0.324. The molecule has 0 saturated carbocycles. The smallest absolute Gasteiger partial charge is 0.333 e.